The Bertz CT molecular complexity index is 721. The summed E-state index contributed by atoms with van der Waals surface area (Å²) in [6.07, 6.45) is 1.30. The van der Waals surface area contributed by atoms with E-state index in [-0.39, 0.29) is 12.2 Å². The number of nitriles is 1. The molecule has 3 rings (SSSR count). The van der Waals surface area contributed by atoms with Gasteiger partial charge in [0, 0.05) is 18.4 Å². The van der Waals surface area contributed by atoms with Crippen molar-refractivity contribution in [3.8, 4) is 6.07 Å². The molecule has 0 unspecified atom stereocenters. The average molecular weight is 299 g/mol. The van der Waals surface area contributed by atoms with Crippen LogP contribution >= 0.6 is 0 Å². The predicted molar refractivity (Wildman–Crippen MR) is 78.2 cm³/mol. The minimum atomic E-state index is -0.301. The van der Waals surface area contributed by atoms with Gasteiger partial charge in [-0.2, -0.15) is 10.2 Å². The van der Waals surface area contributed by atoms with Gasteiger partial charge in [0.15, 0.2) is 11.9 Å². The molecule has 114 valence electrons. The summed E-state index contributed by atoms with van der Waals surface area (Å²) in [4.78, 5) is 10.6. The maximum atomic E-state index is 9.30. The fourth-order valence-electron chi connectivity index (χ4n) is 2.62. The van der Waals surface area contributed by atoms with Gasteiger partial charge in [-0.3, -0.25) is 4.98 Å². The molecule has 2 aromatic heterocycles. The van der Waals surface area contributed by atoms with Crippen molar-refractivity contribution in [3.05, 3.63) is 35.2 Å². The number of rotatable bonds is 2. The molecule has 1 aliphatic rings. The smallest absolute Gasteiger partial charge is 0.257 e. The number of ether oxygens (including phenoxy) is 1. The van der Waals surface area contributed by atoms with Crippen molar-refractivity contribution in [1.82, 2.24) is 15.1 Å². The maximum absolute atomic E-state index is 9.30. The maximum Gasteiger partial charge on any atom is 0.257 e. The van der Waals surface area contributed by atoms with Crippen molar-refractivity contribution in [3.63, 3.8) is 0 Å². The molecule has 7 heteroatoms. The van der Waals surface area contributed by atoms with Gasteiger partial charge in [-0.25, -0.2) is 0 Å². The van der Waals surface area contributed by atoms with E-state index in [2.05, 4.69) is 26.1 Å². The predicted octanol–water partition coefficient (Wildman–Crippen LogP) is 1.92. The van der Waals surface area contributed by atoms with E-state index in [1.54, 1.807) is 13.1 Å². The first kappa shape index (κ1) is 14.5. The number of anilines is 1. The van der Waals surface area contributed by atoms with Gasteiger partial charge in [-0.05, 0) is 26.8 Å². The zero-order chi connectivity index (χ0) is 15.7. The number of nitrogens with zero attached hydrogens (tertiary/aromatic N) is 5. The Morgan fingerprint density at radius 3 is 2.86 bits per heavy atom. The summed E-state index contributed by atoms with van der Waals surface area (Å²) < 4.78 is 11.1. The van der Waals surface area contributed by atoms with Crippen LogP contribution in [0, 0.1) is 25.2 Å². The lowest BCUT2D eigenvalue weighted by molar-refractivity contribution is -0.0331. The summed E-state index contributed by atoms with van der Waals surface area (Å²) in [6, 6.07) is 4.12. The van der Waals surface area contributed by atoms with Gasteiger partial charge in [-0.1, -0.05) is 5.16 Å². The molecule has 0 bridgehead atoms. The third-order valence-corrected chi connectivity index (χ3v) is 3.56. The monoisotopic (exact) mass is 299 g/mol. The van der Waals surface area contributed by atoms with Crippen LogP contribution in [0.1, 0.15) is 36.0 Å². The highest BCUT2D eigenvalue weighted by atomic mass is 16.5. The highest BCUT2D eigenvalue weighted by Gasteiger charge is 2.31. The molecular weight excluding hydrogens is 282 g/mol. The highest BCUT2D eigenvalue weighted by Crippen LogP contribution is 2.29. The zero-order valence-electron chi connectivity index (χ0n) is 12.8. The van der Waals surface area contributed by atoms with Gasteiger partial charge in [0.1, 0.15) is 6.07 Å². The number of pyridine rings is 1. The lowest BCUT2D eigenvalue weighted by Crippen LogP contribution is -2.43. The first-order chi connectivity index (χ1) is 10.6. The van der Waals surface area contributed by atoms with Crippen molar-refractivity contribution >= 4 is 5.69 Å². The Hall–Kier alpha value is -2.46. The van der Waals surface area contributed by atoms with Gasteiger partial charge >= 0.3 is 0 Å². The van der Waals surface area contributed by atoms with Crippen LogP contribution in [-0.2, 0) is 4.74 Å². The van der Waals surface area contributed by atoms with Crippen LogP contribution in [0.3, 0.4) is 0 Å². The molecule has 7 nitrogen and oxygen atoms in total. The lowest BCUT2D eigenvalue weighted by atomic mass is 10.1. The molecule has 0 radical (unpaired) electrons. The van der Waals surface area contributed by atoms with E-state index in [1.165, 1.54) is 0 Å². The molecule has 0 saturated carbocycles. The van der Waals surface area contributed by atoms with Crippen molar-refractivity contribution in [2.45, 2.75) is 33.0 Å². The second-order valence-electron chi connectivity index (χ2n) is 5.47. The normalized spacial score (nSPS) is 21.6. The molecule has 0 N–H and O–H groups in total. The Morgan fingerprint density at radius 1 is 1.36 bits per heavy atom. The van der Waals surface area contributed by atoms with Crippen LogP contribution in [0.4, 0.5) is 5.69 Å². The van der Waals surface area contributed by atoms with E-state index in [0.29, 0.717) is 30.4 Å². The first-order valence-electron chi connectivity index (χ1n) is 7.14. The molecule has 2 aromatic rings. The Morgan fingerprint density at radius 2 is 2.18 bits per heavy atom. The molecule has 3 heterocycles. The van der Waals surface area contributed by atoms with Crippen LogP contribution in [0.25, 0.3) is 0 Å². The van der Waals surface area contributed by atoms with E-state index >= 15 is 0 Å². The quantitative estimate of drug-likeness (QED) is 0.837. The van der Waals surface area contributed by atoms with Crippen LogP contribution < -0.4 is 4.90 Å². The SMILES string of the molecule is Cc1cc(N2C[C@@H](C)O[C@@H](c3nc(C)no3)C2)c(C#N)cn1. The molecule has 0 amide bonds. The van der Waals surface area contributed by atoms with Gasteiger partial charge in [0.2, 0.25) is 0 Å². The summed E-state index contributed by atoms with van der Waals surface area (Å²) >= 11 is 0. The van der Waals surface area contributed by atoms with Crippen LogP contribution in [0.15, 0.2) is 16.8 Å². The fraction of sp³-hybridized carbons (Fsp3) is 0.467. The molecule has 1 fully saturated rings. The third kappa shape index (κ3) is 2.78. The Labute approximate surface area is 128 Å². The fourth-order valence-corrected chi connectivity index (χ4v) is 2.62. The van der Waals surface area contributed by atoms with E-state index in [1.807, 2.05) is 19.9 Å². The summed E-state index contributed by atoms with van der Waals surface area (Å²) in [5.41, 5.74) is 2.30. The van der Waals surface area contributed by atoms with E-state index in [4.69, 9.17) is 9.26 Å². The van der Waals surface area contributed by atoms with Gasteiger partial charge in [0.05, 0.1) is 23.9 Å². The topological polar surface area (TPSA) is 88.1 Å². The van der Waals surface area contributed by atoms with Crippen LogP contribution in [0.2, 0.25) is 0 Å². The van der Waals surface area contributed by atoms with Crippen molar-refractivity contribution in [1.29, 1.82) is 5.26 Å². The van der Waals surface area contributed by atoms with Crippen LogP contribution in [0.5, 0.6) is 0 Å². The van der Waals surface area contributed by atoms with Crippen molar-refractivity contribution in [2.75, 3.05) is 18.0 Å². The Kier molecular flexibility index (Phi) is 3.77. The van der Waals surface area contributed by atoms with E-state index in [9.17, 15) is 5.26 Å². The minimum absolute atomic E-state index is 0.00836. The second kappa shape index (κ2) is 5.73. The lowest BCUT2D eigenvalue weighted by Gasteiger charge is -2.37. The van der Waals surface area contributed by atoms with Crippen molar-refractivity contribution in [2.24, 2.45) is 0 Å². The van der Waals surface area contributed by atoms with E-state index in [0.717, 1.165) is 11.4 Å². The molecule has 2 atom stereocenters. The van der Waals surface area contributed by atoms with Crippen molar-refractivity contribution < 1.29 is 9.26 Å². The number of hydrogen-bond donors (Lipinski definition) is 0. The molecule has 0 aromatic carbocycles. The molecule has 1 saturated heterocycles. The van der Waals surface area contributed by atoms with E-state index < -0.39 is 0 Å². The average Bonchev–Trinajstić information content (AvgIpc) is 2.93. The second-order valence-corrected chi connectivity index (χ2v) is 5.47. The largest absolute Gasteiger partial charge is 0.365 e. The summed E-state index contributed by atoms with van der Waals surface area (Å²) in [7, 11) is 0. The summed E-state index contributed by atoms with van der Waals surface area (Å²) in [5, 5.41) is 13.1. The number of aromatic nitrogens is 3. The van der Waals surface area contributed by atoms with Gasteiger partial charge in [0.25, 0.3) is 5.89 Å². The first-order valence-corrected chi connectivity index (χ1v) is 7.14. The molecule has 0 aliphatic carbocycles. The third-order valence-electron chi connectivity index (χ3n) is 3.56. The Balaban J connectivity index is 1.91. The standard InChI is InChI=1S/C15H17N5O2/c1-9-4-13(12(5-16)6-17-9)20-7-10(2)21-14(8-20)15-18-11(3)19-22-15/h4,6,10,14H,7-8H2,1-3H3/t10-,14-/m1/s1. The molecule has 22 heavy (non-hydrogen) atoms. The van der Waals surface area contributed by atoms with Gasteiger partial charge < -0.3 is 14.2 Å². The molecular formula is C15H17N5O2. The summed E-state index contributed by atoms with van der Waals surface area (Å²) in [5.74, 6) is 1.05. The molecule has 0 spiro atoms. The highest BCUT2D eigenvalue weighted by molar-refractivity contribution is 5.59. The number of morpholine rings is 1. The zero-order valence-corrected chi connectivity index (χ0v) is 12.8. The molecule has 1 aliphatic heterocycles. The van der Waals surface area contributed by atoms with Gasteiger partial charge in [-0.15, -0.1) is 0 Å². The number of hydrogen-bond acceptors (Lipinski definition) is 7. The number of aryl methyl sites for hydroxylation is 2. The summed E-state index contributed by atoms with van der Waals surface area (Å²) in [6.45, 7) is 6.93. The van der Waals surface area contributed by atoms with Crippen LogP contribution in [-0.4, -0.2) is 34.3 Å². The minimum Gasteiger partial charge on any atom is -0.365 e.